The minimum absolute atomic E-state index is 0.0238. The van der Waals surface area contributed by atoms with Crippen LogP contribution in [0, 0.1) is 0 Å². The molecule has 2 atom stereocenters. The van der Waals surface area contributed by atoms with Crippen LogP contribution in [-0.4, -0.2) is 53.4 Å². The lowest BCUT2D eigenvalue weighted by Crippen LogP contribution is -2.24. The summed E-state index contributed by atoms with van der Waals surface area (Å²) in [6, 6.07) is 22.7. The number of anilines is 1. The van der Waals surface area contributed by atoms with Crippen molar-refractivity contribution < 1.29 is 44.3 Å². The molecule has 6 rings (SSSR count). The number of nitrogens with one attached hydrogen (secondary N) is 2. The lowest BCUT2D eigenvalue weighted by Gasteiger charge is -2.23. The quantitative estimate of drug-likeness (QED) is 0.158. The van der Waals surface area contributed by atoms with Gasteiger partial charge in [0.1, 0.15) is 0 Å². The van der Waals surface area contributed by atoms with Gasteiger partial charge in [0.05, 0.1) is 28.4 Å². The van der Waals surface area contributed by atoms with Crippen molar-refractivity contribution in [2.75, 3.05) is 43.9 Å². The van der Waals surface area contributed by atoms with Gasteiger partial charge in [0.2, 0.25) is 0 Å². The van der Waals surface area contributed by atoms with Crippen molar-refractivity contribution in [2.45, 2.75) is 62.0 Å². The molecule has 0 aromatic heterocycles. The summed E-state index contributed by atoms with van der Waals surface area (Å²) in [5, 5.41) is 6.06. The zero-order chi connectivity index (χ0) is 39.1. The normalized spacial score (nSPS) is 17.6. The third-order valence-corrected chi connectivity index (χ3v) is 11.5. The maximum atomic E-state index is 12.9. The number of ether oxygens (including phenoxy) is 1. The smallest absolute Gasteiger partial charge is 0.380 e. The first-order valence-corrected chi connectivity index (χ1v) is 19.3. The first-order chi connectivity index (χ1) is 25.6. The van der Waals surface area contributed by atoms with Crippen LogP contribution in [0.2, 0.25) is 0 Å². The second kappa shape index (κ2) is 17.4. The van der Waals surface area contributed by atoms with E-state index < -0.39 is 33.3 Å². The number of methoxy groups -OCH3 is 1. The van der Waals surface area contributed by atoms with Gasteiger partial charge in [-0.3, -0.25) is 4.79 Å². The Bertz CT molecular complexity index is 1960. The molecule has 2 aliphatic rings. The Labute approximate surface area is 311 Å². The molecule has 7 nitrogen and oxygen atoms in total. The van der Waals surface area contributed by atoms with Gasteiger partial charge < -0.3 is 20.3 Å². The van der Waals surface area contributed by atoms with Crippen molar-refractivity contribution in [1.29, 1.82) is 0 Å². The summed E-state index contributed by atoms with van der Waals surface area (Å²) >= 11 is 0. The van der Waals surface area contributed by atoms with E-state index in [0.29, 0.717) is 24.6 Å². The highest BCUT2D eigenvalue weighted by molar-refractivity contribution is 7.91. The van der Waals surface area contributed by atoms with Crippen molar-refractivity contribution in [3.05, 3.63) is 130 Å². The standard InChI is InChI=1S/C29H31F3N2O4S.C11H12F3N/c1-3-39(36,37)26-11-4-20(5-12-26)17-33-28(35)22-8-13-27(24(16-22)19-38-2)34-15-14-23(18-34)21-6-9-25(10-7-21)29(30,31)32;12-11(13,14)10-3-1-8(2-4-10)9-5-6-15-7-9/h4-13,16,23H,3,14-15,17-19H2,1-2H3,(H,33,35);1-4,9,15H,5-7H2. The SMILES string of the molecule is CCS(=O)(=O)c1ccc(CNC(=O)c2ccc(N3CCC(c4ccc(C(F)(F)F)cc4)C3)c(COC)c2)cc1.FC(F)(F)c1ccc(C2CCNC2)cc1. The summed E-state index contributed by atoms with van der Waals surface area (Å²) in [5.74, 6) is 0.223. The lowest BCUT2D eigenvalue weighted by molar-refractivity contribution is -0.138. The number of halogens is 6. The first-order valence-electron chi connectivity index (χ1n) is 17.6. The summed E-state index contributed by atoms with van der Waals surface area (Å²) in [5.41, 5.74) is 3.65. The number of amides is 1. The van der Waals surface area contributed by atoms with E-state index in [1.165, 1.54) is 0 Å². The molecule has 2 aliphatic heterocycles. The highest BCUT2D eigenvalue weighted by Crippen LogP contribution is 2.36. The molecule has 2 unspecified atom stereocenters. The maximum absolute atomic E-state index is 12.9. The molecule has 4 aromatic carbocycles. The predicted octanol–water partition coefficient (Wildman–Crippen LogP) is 8.35. The average Bonchev–Trinajstić information content (AvgIpc) is 3.88. The topological polar surface area (TPSA) is 87.7 Å². The van der Waals surface area contributed by atoms with Crippen molar-refractivity contribution >= 4 is 21.4 Å². The molecule has 4 aromatic rings. The number of sulfone groups is 1. The van der Waals surface area contributed by atoms with Gasteiger partial charge in [0.25, 0.3) is 5.91 Å². The lowest BCUT2D eigenvalue weighted by atomic mass is 9.97. The Morgan fingerprint density at radius 1 is 0.833 bits per heavy atom. The van der Waals surface area contributed by atoms with Gasteiger partial charge in [-0.25, -0.2) is 8.42 Å². The number of nitrogens with zero attached hydrogens (tertiary/aromatic N) is 1. The summed E-state index contributed by atoms with van der Waals surface area (Å²) in [6.45, 7) is 5.33. The van der Waals surface area contributed by atoms with E-state index in [0.717, 1.165) is 84.7 Å². The Morgan fingerprint density at radius 2 is 1.43 bits per heavy atom. The zero-order valence-electron chi connectivity index (χ0n) is 29.9. The maximum Gasteiger partial charge on any atom is 0.416 e. The highest BCUT2D eigenvalue weighted by Gasteiger charge is 2.32. The molecule has 290 valence electrons. The van der Waals surface area contributed by atoms with Gasteiger partial charge >= 0.3 is 12.4 Å². The summed E-state index contributed by atoms with van der Waals surface area (Å²) in [4.78, 5) is 15.3. The summed E-state index contributed by atoms with van der Waals surface area (Å²) in [7, 11) is -1.70. The molecule has 2 fully saturated rings. The molecule has 0 bridgehead atoms. The monoisotopic (exact) mass is 775 g/mol. The van der Waals surface area contributed by atoms with E-state index in [9.17, 15) is 39.6 Å². The number of hydrogen-bond donors (Lipinski definition) is 2. The molecule has 2 heterocycles. The summed E-state index contributed by atoms with van der Waals surface area (Å²) < 4.78 is 105. The van der Waals surface area contributed by atoms with E-state index in [-0.39, 0.29) is 29.0 Å². The van der Waals surface area contributed by atoms with Gasteiger partial charge in [-0.1, -0.05) is 43.3 Å². The number of hydrogen-bond acceptors (Lipinski definition) is 6. The average molecular weight is 776 g/mol. The molecule has 0 radical (unpaired) electrons. The Kier molecular flexibility index (Phi) is 13.1. The largest absolute Gasteiger partial charge is 0.416 e. The third-order valence-electron chi connectivity index (χ3n) is 9.77. The molecule has 2 saturated heterocycles. The van der Waals surface area contributed by atoms with E-state index in [1.54, 1.807) is 74.7 Å². The van der Waals surface area contributed by atoms with E-state index >= 15 is 0 Å². The second-order valence-corrected chi connectivity index (χ2v) is 15.6. The third kappa shape index (κ3) is 10.4. The molecular formula is C40H43F6N3O4S. The number of carbonyl (C=O) groups is 1. The van der Waals surface area contributed by atoms with Gasteiger partial charge in [-0.15, -0.1) is 0 Å². The van der Waals surface area contributed by atoms with E-state index in [1.807, 2.05) is 6.07 Å². The minimum Gasteiger partial charge on any atom is -0.380 e. The molecule has 1 amide bonds. The fraction of sp³-hybridized carbons (Fsp3) is 0.375. The Hall–Kier alpha value is -4.40. The van der Waals surface area contributed by atoms with Crippen LogP contribution < -0.4 is 15.5 Å². The van der Waals surface area contributed by atoms with Gasteiger partial charge in [0, 0.05) is 56.0 Å². The minimum atomic E-state index is -4.36. The van der Waals surface area contributed by atoms with Crippen molar-refractivity contribution in [1.82, 2.24) is 10.6 Å². The number of rotatable bonds is 10. The van der Waals surface area contributed by atoms with Crippen LogP contribution in [0.1, 0.15) is 75.3 Å². The molecule has 14 heteroatoms. The second-order valence-electron chi connectivity index (χ2n) is 13.4. The number of benzene rings is 4. The Balaban J connectivity index is 0.000000310. The van der Waals surface area contributed by atoms with Crippen LogP contribution >= 0.6 is 0 Å². The fourth-order valence-corrected chi connectivity index (χ4v) is 7.54. The van der Waals surface area contributed by atoms with E-state index in [2.05, 4.69) is 15.5 Å². The van der Waals surface area contributed by atoms with Gasteiger partial charge in [-0.2, -0.15) is 26.3 Å². The van der Waals surface area contributed by atoms with Gasteiger partial charge in [-0.05, 0) is 96.6 Å². The fourth-order valence-electron chi connectivity index (χ4n) is 6.65. The first kappa shape index (κ1) is 40.8. The van der Waals surface area contributed by atoms with Gasteiger partial charge in [0.15, 0.2) is 9.84 Å². The molecule has 54 heavy (non-hydrogen) atoms. The van der Waals surface area contributed by atoms with Crippen LogP contribution in [0.4, 0.5) is 32.0 Å². The zero-order valence-corrected chi connectivity index (χ0v) is 30.8. The van der Waals surface area contributed by atoms with Crippen LogP contribution in [-0.2, 0) is 40.1 Å². The summed E-state index contributed by atoms with van der Waals surface area (Å²) in [6.07, 6.45) is -6.78. The molecule has 2 N–H and O–H groups in total. The van der Waals surface area contributed by atoms with E-state index in [4.69, 9.17) is 4.74 Å². The number of carbonyl (C=O) groups excluding carboxylic acids is 1. The molecule has 0 aliphatic carbocycles. The number of alkyl halides is 6. The van der Waals surface area contributed by atoms with Crippen LogP contribution in [0.5, 0.6) is 0 Å². The van der Waals surface area contributed by atoms with Crippen molar-refractivity contribution in [3.8, 4) is 0 Å². The van der Waals surface area contributed by atoms with Crippen molar-refractivity contribution in [2.24, 2.45) is 0 Å². The van der Waals surface area contributed by atoms with Crippen LogP contribution in [0.3, 0.4) is 0 Å². The Morgan fingerprint density at radius 3 is 1.94 bits per heavy atom. The molecule has 0 saturated carbocycles. The van der Waals surface area contributed by atoms with Crippen LogP contribution in [0.25, 0.3) is 0 Å². The molecule has 0 spiro atoms. The highest BCUT2D eigenvalue weighted by atomic mass is 32.2. The predicted molar refractivity (Wildman–Crippen MR) is 195 cm³/mol. The van der Waals surface area contributed by atoms with Crippen LogP contribution in [0.15, 0.2) is 95.9 Å². The molecular weight excluding hydrogens is 733 g/mol. The van der Waals surface area contributed by atoms with Crippen molar-refractivity contribution in [3.63, 3.8) is 0 Å².